The Hall–Kier alpha value is -6.70. The highest BCUT2D eigenvalue weighted by Gasteiger charge is 2.19. The summed E-state index contributed by atoms with van der Waals surface area (Å²) in [5.74, 6) is 0. The highest BCUT2D eigenvalue weighted by Crippen LogP contribution is 2.46. The maximum absolute atomic E-state index is 6.46. The molecule has 1 nitrogen and oxygen atoms in total. The molecule has 1 aromatic heterocycles. The maximum atomic E-state index is 6.46. The average molecular weight is 647 g/mol. The molecule has 51 heavy (non-hydrogen) atoms. The molecule has 10 aromatic carbocycles. The van der Waals surface area contributed by atoms with Crippen LogP contribution in [0.2, 0.25) is 0 Å². The Morgan fingerprint density at radius 2 is 0.725 bits per heavy atom. The molecule has 1 heterocycles. The summed E-state index contributed by atoms with van der Waals surface area (Å²) in [6.45, 7) is 0. The summed E-state index contributed by atoms with van der Waals surface area (Å²) in [5.41, 5.74) is 9.32. The zero-order chi connectivity index (χ0) is 33.5. The number of rotatable bonds is 3. The predicted octanol–water partition coefficient (Wildman–Crippen LogP) is 14.4. The van der Waals surface area contributed by atoms with Crippen molar-refractivity contribution in [3.05, 3.63) is 182 Å². The van der Waals surface area contributed by atoms with Crippen LogP contribution in [0, 0.1) is 0 Å². The van der Waals surface area contributed by atoms with Crippen molar-refractivity contribution in [3.8, 4) is 33.4 Å². The summed E-state index contributed by atoms with van der Waals surface area (Å²) in [6.07, 6.45) is 0. The summed E-state index contributed by atoms with van der Waals surface area (Å²) in [7, 11) is 0. The molecule has 0 unspecified atom stereocenters. The molecule has 0 saturated carbocycles. The van der Waals surface area contributed by atoms with Gasteiger partial charge >= 0.3 is 0 Å². The minimum atomic E-state index is 0.919. The Bertz CT molecular complexity index is 3130. The van der Waals surface area contributed by atoms with E-state index in [0.717, 1.165) is 21.9 Å². The van der Waals surface area contributed by atoms with Crippen molar-refractivity contribution >= 4 is 75.8 Å². The van der Waals surface area contributed by atoms with Crippen LogP contribution in [0.5, 0.6) is 0 Å². The molecule has 0 aliphatic carbocycles. The van der Waals surface area contributed by atoms with Crippen LogP contribution in [-0.4, -0.2) is 0 Å². The fraction of sp³-hybridized carbons (Fsp3) is 0. The van der Waals surface area contributed by atoms with E-state index in [1.54, 1.807) is 0 Å². The van der Waals surface area contributed by atoms with Gasteiger partial charge in [-0.2, -0.15) is 0 Å². The molecule has 0 radical (unpaired) electrons. The quantitative estimate of drug-likeness (QED) is 0.174. The van der Waals surface area contributed by atoms with Crippen molar-refractivity contribution in [1.82, 2.24) is 0 Å². The van der Waals surface area contributed by atoms with Gasteiger partial charge in [-0.25, -0.2) is 0 Å². The summed E-state index contributed by atoms with van der Waals surface area (Å²) >= 11 is 0. The molecule has 0 aliphatic heterocycles. The number of hydrogen-bond donors (Lipinski definition) is 0. The Labute approximate surface area is 294 Å². The van der Waals surface area contributed by atoms with Gasteiger partial charge in [0, 0.05) is 10.8 Å². The number of hydrogen-bond acceptors (Lipinski definition) is 1. The second kappa shape index (κ2) is 10.9. The third kappa shape index (κ3) is 4.28. The topological polar surface area (TPSA) is 13.1 Å². The number of furan rings is 1. The molecular formula is C50H30O. The minimum absolute atomic E-state index is 0.919. The van der Waals surface area contributed by atoms with Gasteiger partial charge in [-0.1, -0.05) is 152 Å². The molecule has 0 fully saturated rings. The van der Waals surface area contributed by atoms with Crippen LogP contribution in [-0.2, 0) is 0 Å². The molecule has 11 aromatic rings. The second-order valence-electron chi connectivity index (χ2n) is 13.6. The molecule has 0 amide bonds. The van der Waals surface area contributed by atoms with Gasteiger partial charge in [0.1, 0.15) is 11.2 Å². The SMILES string of the molecule is c1ccc(-c2c3ccccc3c(-c3ccc(-c4ccc5cc6c(cc5c4)oc4cc5ccccc5cc46)c4ccccc34)c3ccccc23)cc1. The van der Waals surface area contributed by atoms with Gasteiger partial charge in [-0.05, 0) is 118 Å². The fourth-order valence-corrected chi connectivity index (χ4v) is 8.48. The first-order chi connectivity index (χ1) is 25.3. The Kier molecular flexibility index (Phi) is 6.02. The molecule has 0 N–H and O–H groups in total. The zero-order valence-corrected chi connectivity index (χ0v) is 27.7. The van der Waals surface area contributed by atoms with Crippen LogP contribution < -0.4 is 0 Å². The largest absolute Gasteiger partial charge is 0.456 e. The smallest absolute Gasteiger partial charge is 0.136 e. The molecule has 1 heteroatoms. The van der Waals surface area contributed by atoms with Gasteiger partial charge in [0.05, 0.1) is 0 Å². The summed E-state index contributed by atoms with van der Waals surface area (Å²) in [4.78, 5) is 0. The first-order valence-electron chi connectivity index (χ1n) is 17.6. The summed E-state index contributed by atoms with van der Waals surface area (Å²) in [5, 5.41) is 14.7. The van der Waals surface area contributed by atoms with Crippen LogP contribution in [0.15, 0.2) is 186 Å². The third-order valence-corrected chi connectivity index (χ3v) is 10.8. The van der Waals surface area contributed by atoms with Crippen LogP contribution in [0.4, 0.5) is 0 Å². The first kappa shape index (κ1) is 28.2. The third-order valence-electron chi connectivity index (χ3n) is 10.8. The lowest BCUT2D eigenvalue weighted by atomic mass is 9.84. The Balaban J connectivity index is 1.12. The van der Waals surface area contributed by atoms with Crippen LogP contribution in [0.1, 0.15) is 0 Å². The van der Waals surface area contributed by atoms with E-state index in [1.165, 1.54) is 87.2 Å². The first-order valence-corrected chi connectivity index (χ1v) is 17.6. The normalized spacial score (nSPS) is 11.9. The number of benzene rings is 10. The molecule has 0 saturated heterocycles. The molecule has 0 spiro atoms. The lowest BCUT2D eigenvalue weighted by Gasteiger charge is -2.19. The van der Waals surface area contributed by atoms with Gasteiger partial charge in [0.25, 0.3) is 0 Å². The summed E-state index contributed by atoms with van der Waals surface area (Å²) in [6, 6.07) is 66.4. The predicted molar refractivity (Wildman–Crippen MR) is 218 cm³/mol. The van der Waals surface area contributed by atoms with Gasteiger partial charge in [-0.15, -0.1) is 0 Å². The van der Waals surface area contributed by atoms with E-state index in [1.807, 2.05) is 0 Å². The van der Waals surface area contributed by atoms with E-state index < -0.39 is 0 Å². The van der Waals surface area contributed by atoms with Crippen molar-refractivity contribution in [3.63, 3.8) is 0 Å². The number of fused-ring (bicyclic) bond motifs is 8. The van der Waals surface area contributed by atoms with E-state index >= 15 is 0 Å². The van der Waals surface area contributed by atoms with Crippen LogP contribution in [0.3, 0.4) is 0 Å². The fourth-order valence-electron chi connectivity index (χ4n) is 8.48. The molecule has 0 bridgehead atoms. The van der Waals surface area contributed by atoms with E-state index in [9.17, 15) is 0 Å². The van der Waals surface area contributed by atoms with Gasteiger partial charge in [0.15, 0.2) is 0 Å². The minimum Gasteiger partial charge on any atom is -0.456 e. The molecule has 11 rings (SSSR count). The van der Waals surface area contributed by atoms with Crippen molar-refractivity contribution in [2.24, 2.45) is 0 Å². The molecule has 0 aliphatic rings. The van der Waals surface area contributed by atoms with E-state index in [2.05, 4.69) is 182 Å². The maximum Gasteiger partial charge on any atom is 0.136 e. The van der Waals surface area contributed by atoms with E-state index in [0.29, 0.717) is 0 Å². The van der Waals surface area contributed by atoms with Crippen molar-refractivity contribution < 1.29 is 4.42 Å². The van der Waals surface area contributed by atoms with Gasteiger partial charge < -0.3 is 4.42 Å². The highest BCUT2D eigenvalue weighted by molar-refractivity contribution is 6.24. The van der Waals surface area contributed by atoms with Crippen LogP contribution >= 0.6 is 0 Å². The molecule has 0 atom stereocenters. The summed E-state index contributed by atoms with van der Waals surface area (Å²) < 4.78 is 6.46. The van der Waals surface area contributed by atoms with E-state index in [-0.39, 0.29) is 0 Å². The molecule has 236 valence electrons. The second-order valence-corrected chi connectivity index (χ2v) is 13.6. The van der Waals surface area contributed by atoms with Crippen LogP contribution in [0.25, 0.3) is 109 Å². The van der Waals surface area contributed by atoms with Gasteiger partial charge in [-0.3, -0.25) is 0 Å². The standard InChI is InChI=1S/C50H30O/c1-2-12-31(13-3-1)49-40-18-8-10-20-42(40)50(43-21-11-9-19-41(43)49)44-25-24-37(38-16-6-7-17-39(38)44)35-23-22-34-28-46-45-27-32-14-4-5-15-33(32)29-47(45)51-48(46)30-36(34)26-35/h1-30H. The highest BCUT2D eigenvalue weighted by atomic mass is 16.3. The lowest BCUT2D eigenvalue weighted by molar-refractivity contribution is 0.670. The monoisotopic (exact) mass is 646 g/mol. The Morgan fingerprint density at radius 1 is 0.255 bits per heavy atom. The Morgan fingerprint density at radius 3 is 1.37 bits per heavy atom. The van der Waals surface area contributed by atoms with Gasteiger partial charge in [0.2, 0.25) is 0 Å². The van der Waals surface area contributed by atoms with Crippen molar-refractivity contribution in [1.29, 1.82) is 0 Å². The average Bonchev–Trinajstić information content (AvgIpc) is 3.53. The van der Waals surface area contributed by atoms with E-state index in [4.69, 9.17) is 4.42 Å². The zero-order valence-electron chi connectivity index (χ0n) is 27.7. The molecular weight excluding hydrogens is 617 g/mol. The lowest BCUT2D eigenvalue weighted by Crippen LogP contribution is -1.92. The van der Waals surface area contributed by atoms with Crippen molar-refractivity contribution in [2.45, 2.75) is 0 Å². The van der Waals surface area contributed by atoms with Crippen molar-refractivity contribution in [2.75, 3.05) is 0 Å².